The average molecular weight is 454 g/mol. The highest BCUT2D eigenvalue weighted by atomic mass is 79.9. The van der Waals surface area contributed by atoms with Crippen LogP contribution >= 0.6 is 0 Å². The van der Waals surface area contributed by atoms with Crippen molar-refractivity contribution in [1.82, 2.24) is 0 Å². The van der Waals surface area contributed by atoms with Crippen molar-refractivity contribution in [1.29, 1.82) is 0 Å². The topological polar surface area (TPSA) is 39.4 Å². The quantitative estimate of drug-likeness (QED) is 0.514. The predicted molar refractivity (Wildman–Crippen MR) is 107 cm³/mol. The zero-order chi connectivity index (χ0) is 19.5. The third-order valence-corrected chi connectivity index (χ3v) is 5.37. The fourth-order valence-corrected chi connectivity index (χ4v) is 3.94. The molecule has 5 heteroatoms. The van der Waals surface area contributed by atoms with Gasteiger partial charge in [0.25, 0.3) is 0 Å². The van der Waals surface area contributed by atoms with E-state index in [2.05, 4.69) is 53.4 Å². The summed E-state index contributed by atoms with van der Waals surface area (Å²) in [6.45, 7) is 0.839. The molecule has 29 heavy (non-hydrogen) atoms. The Labute approximate surface area is 181 Å². The van der Waals surface area contributed by atoms with E-state index in [4.69, 9.17) is 9.47 Å². The summed E-state index contributed by atoms with van der Waals surface area (Å²) in [7, 11) is 3.18. The van der Waals surface area contributed by atoms with Crippen molar-refractivity contribution in [2.45, 2.75) is 19.4 Å². The molecule has 0 amide bonds. The van der Waals surface area contributed by atoms with Gasteiger partial charge in [0.15, 0.2) is 36.2 Å². The van der Waals surface area contributed by atoms with Crippen molar-refractivity contribution in [3.8, 4) is 11.5 Å². The molecule has 0 spiro atoms. The molecule has 0 bridgehead atoms. The number of ether oxygens (including phenoxy) is 2. The first kappa shape index (κ1) is 21.1. The van der Waals surface area contributed by atoms with Gasteiger partial charge in [-0.25, -0.2) is 4.57 Å². The molecule has 0 fully saturated rings. The Bertz CT molecular complexity index is 987. The van der Waals surface area contributed by atoms with Gasteiger partial charge < -0.3 is 26.5 Å². The zero-order valence-corrected chi connectivity index (χ0v) is 18.2. The predicted octanol–water partition coefficient (Wildman–Crippen LogP) is 0.641. The molecule has 4 rings (SSSR count). The number of hydrogen-bond donors (Lipinski definition) is 0. The lowest BCUT2D eigenvalue weighted by atomic mass is 9.96. The van der Waals surface area contributed by atoms with Crippen LogP contribution in [-0.4, -0.2) is 20.0 Å². The van der Waals surface area contributed by atoms with E-state index in [-0.39, 0.29) is 28.7 Å². The molecule has 1 unspecified atom stereocenters. The number of hydrogen-bond acceptors (Lipinski definition) is 3. The molecule has 0 N–H and O–H groups in total. The van der Waals surface area contributed by atoms with Crippen LogP contribution in [0.15, 0.2) is 67.0 Å². The van der Waals surface area contributed by atoms with Gasteiger partial charge in [-0.2, -0.15) is 0 Å². The number of fused-ring (bicyclic) bond motifs is 1. The molecule has 150 valence electrons. The van der Waals surface area contributed by atoms with Crippen LogP contribution in [0.3, 0.4) is 0 Å². The van der Waals surface area contributed by atoms with Crippen LogP contribution in [-0.2, 0) is 19.4 Å². The van der Waals surface area contributed by atoms with E-state index in [1.54, 1.807) is 14.2 Å². The van der Waals surface area contributed by atoms with Gasteiger partial charge in [-0.3, -0.25) is 4.79 Å². The summed E-state index contributed by atoms with van der Waals surface area (Å²) in [6.07, 6.45) is 5.63. The molecule has 0 saturated carbocycles. The first-order chi connectivity index (χ1) is 13.7. The van der Waals surface area contributed by atoms with Crippen molar-refractivity contribution in [2.75, 3.05) is 14.2 Å². The van der Waals surface area contributed by atoms with Crippen molar-refractivity contribution in [3.63, 3.8) is 0 Å². The minimum Gasteiger partial charge on any atom is -1.00 e. The molecule has 1 aromatic heterocycles. The zero-order valence-electron chi connectivity index (χ0n) is 16.6. The number of carbonyl (C=O) groups is 1. The summed E-state index contributed by atoms with van der Waals surface area (Å²) in [5, 5.41) is 0. The molecule has 1 aliphatic carbocycles. The van der Waals surface area contributed by atoms with Gasteiger partial charge in [0, 0.05) is 23.6 Å². The normalized spacial score (nSPS) is 14.8. The van der Waals surface area contributed by atoms with E-state index >= 15 is 0 Å². The minimum atomic E-state index is -0.0546. The number of pyridine rings is 1. The fourth-order valence-electron chi connectivity index (χ4n) is 3.94. The van der Waals surface area contributed by atoms with E-state index in [0.29, 0.717) is 17.1 Å². The molecule has 0 saturated heterocycles. The van der Waals surface area contributed by atoms with E-state index < -0.39 is 0 Å². The van der Waals surface area contributed by atoms with Crippen molar-refractivity contribution in [2.24, 2.45) is 5.92 Å². The summed E-state index contributed by atoms with van der Waals surface area (Å²) in [5.41, 5.74) is 4.16. The molecular weight excluding hydrogens is 430 g/mol. The Morgan fingerprint density at radius 3 is 2.31 bits per heavy atom. The Balaban J connectivity index is 0.00000240. The number of Topliss-reactive ketones (excluding diaryl/α,β-unsaturated/α-hetero) is 1. The first-order valence-electron chi connectivity index (χ1n) is 9.49. The Morgan fingerprint density at radius 2 is 1.66 bits per heavy atom. The number of benzene rings is 2. The number of carbonyl (C=O) groups excluding carboxylic acids is 1. The van der Waals surface area contributed by atoms with E-state index in [1.807, 2.05) is 18.2 Å². The highest BCUT2D eigenvalue weighted by molar-refractivity contribution is 6.05. The molecule has 3 aromatic rings. The van der Waals surface area contributed by atoms with Crippen LogP contribution in [0, 0.1) is 5.92 Å². The summed E-state index contributed by atoms with van der Waals surface area (Å²) >= 11 is 0. The number of ketones is 1. The number of halogens is 1. The summed E-state index contributed by atoms with van der Waals surface area (Å²) in [5.74, 6) is 1.26. The van der Waals surface area contributed by atoms with Gasteiger partial charge in [0.1, 0.15) is 0 Å². The monoisotopic (exact) mass is 453 g/mol. The van der Waals surface area contributed by atoms with Crippen molar-refractivity contribution >= 4 is 5.78 Å². The lowest BCUT2D eigenvalue weighted by Crippen LogP contribution is -3.00. The van der Waals surface area contributed by atoms with Gasteiger partial charge in [-0.05, 0) is 30.0 Å². The molecule has 4 nitrogen and oxygen atoms in total. The van der Waals surface area contributed by atoms with Gasteiger partial charge in [-0.15, -0.1) is 0 Å². The molecule has 0 aliphatic heterocycles. The summed E-state index contributed by atoms with van der Waals surface area (Å²) in [4.78, 5) is 13.0. The number of methoxy groups -OCH3 is 2. The molecule has 2 aromatic carbocycles. The van der Waals surface area contributed by atoms with E-state index in [9.17, 15) is 4.79 Å². The van der Waals surface area contributed by atoms with E-state index in [0.717, 1.165) is 24.9 Å². The van der Waals surface area contributed by atoms with Crippen LogP contribution < -0.4 is 31.0 Å². The molecule has 1 atom stereocenters. The van der Waals surface area contributed by atoms with Crippen LogP contribution in [0.25, 0.3) is 0 Å². The van der Waals surface area contributed by atoms with Crippen LogP contribution in [0.4, 0.5) is 0 Å². The summed E-state index contributed by atoms with van der Waals surface area (Å²) in [6, 6.07) is 18.4. The lowest BCUT2D eigenvalue weighted by molar-refractivity contribution is -0.688. The van der Waals surface area contributed by atoms with Crippen LogP contribution in [0.5, 0.6) is 11.5 Å². The second-order valence-electron chi connectivity index (χ2n) is 7.17. The van der Waals surface area contributed by atoms with Gasteiger partial charge >= 0.3 is 0 Å². The standard InChI is InChI=1S/C24H24NO3.BrH/c1-27-21-9-8-19-15-20(23(26)22(19)24(21)28-2)14-17-10-12-25(13-11-17)16-18-6-4-3-5-7-18;/h3-13,20H,14-16H2,1-2H3;1H/q+1;/p-1. The van der Waals surface area contributed by atoms with Crippen LogP contribution in [0.1, 0.15) is 27.0 Å². The lowest BCUT2D eigenvalue weighted by Gasteiger charge is -2.11. The number of aromatic nitrogens is 1. The molecular formula is C24H24BrNO3. The highest BCUT2D eigenvalue weighted by Gasteiger charge is 2.34. The van der Waals surface area contributed by atoms with Gasteiger partial charge in [0.2, 0.25) is 0 Å². The van der Waals surface area contributed by atoms with E-state index in [1.165, 1.54) is 11.1 Å². The largest absolute Gasteiger partial charge is 1.00 e. The maximum Gasteiger partial charge on any atom is 0.173 e. The maximum absolute atomic E-state index is 13.0. The third kappa shape index (κ3) is 4.35. The minimum absolute atomic E-state index is 0. The summed E-state index contributed by atoms with van der Waals surface area (Å²) < 4.78 is 13.0. The molecule has 0 radical (unpaired) electrons. The SMILES string of the molecule is COc1ccc2c(c1OC)C(=O)C(Cc1cc[n+](Cc3ccccc3)cc1)C2.[Br-]. The van der Waals surface area contributed by atoms with Crippen molar-refractivity contribution < 1.29 is 35.8 Å². The third-order valence-electron chi connectivity index (χ3n) is 5.37. The fraction of sp³-hybridized carbons (Fsp3) is 0.250. The molecule has 1 aliphatic rings. The number of rotatable bonds is 6. The highest BCUT2D eigenvalue weighted by Crippen LogP contribution is 2.40. The molecule has 1 heterocycles. The second-order valence-corrected chi connectivity index (χ2v) is 7.17. The maximum atomic E-state index is 13.0. The Morgan fingerprint density at radius 1 is 0.931 bits per heavy atom. The first-order valence-corrected chi connectivity index (χ1v) is 9.49. The smallest absolute Gasteiger partial charge is 0.173 e. The Kier molecular flexibility index (Phi) is 6.70. The second kappa shape index (κ2) is 9.23. The average Bonchev–Trinajstić information content (AvgIpc) is 3.05. The van der Waals surface area contributed by atoms with Gasteiger partial charge in [-0.1, -0.05) is 36.4 Å². The van der Waals surface area contributed by atoms with Crippen LogP contribution in [0.2, 0.25) is 0 Å². The van der Waals surface area contributed by atoms with Crippen molar-refractivity contribution in [3.05, 3.63) is 89.2 Å². The van der Waals surface area contributed by atoms with Gasteiger partial charge in [0.05, 0.1) is 19.8 Å². The number of nitrogens with zero attached hydrogens (tertiary/aromatic N) is 1. The Hall–Kier alpha value is -2.66.